The Morgan fingerprint density at radius 3 is 2.06 bits per heavy atom. The molecule has 0 radical (unpaired) electrons. The second kappa shape index (κ2) is 13.0. The van der Waals surface area contributed by atoms with Crippen LogP contribution in [0.5, 0.6) is 5.75 Å². The van der Waals surface area contributed by atoms with E-state index < -0.39 is 0 Å². The summed E-state index contributed by atoms with van der Waals surface area (Å²) in [5, 5.41) is 13.8. The van der Waals surface area contributed by atoms with E-state index in [1.165, 1.54) is 38.5 Å². The Bertz CT molecular complexity index is 912. The number of aromatic nitrogens is 1. The van der Waals surface area contributed by atoms with Gasteiger partial charge >= 0.3 is 0 Å². The maximum atomic E-state index is 12.9. The summed E-state index contributed by atoms with van der Waals surface area (Å²) in [7, 11) is 0. The van der Waals surface area contributed by atoms with E-state index in [4.69, 9.17) is 10.5 Å². The summed E-state index contributed by atoms with van der Waals surface area (Å²) in [5.41, 5.74) is 8.13. The van der Waals surface area contributed by atoms with Gasteiger partial charge in [0.1, 0.15) is 12.4 Å². The highest BCUT2D eigenvalue weighted by molar-refractivity contribution is 5.82. The van der Waals surface area contributed by atoms with Crippen molar-refractivity contribution in [2.45, 2.75) is 70.8 Å². The van der Waals surface area contributed by atoms with Crippen LogP contribution in [-0.4, -0.2) is 6.54 Å². The molecule has 0 saturated carbocycles. The minimum Gasteiger partial charge on any atom is -0.618 e. The van der Waals surface area contributed by atoms with E-state index in [0.29, 0.717) is 12.1 Å². The quantitative estimate of drug-likeness (QED) is 0.196. The standard InChI is InChI=1S/C27H36N2O2/c28-20-14-7-5-3-1-2-4-6-11-17-24-21-27(31-22-23-15-9-8-10-16-23)25-18-12-13-19-26(25)29(24)30/h8-10,12-13,15-16,18-19,21H,1-7,11,14,17,20,22,28H2. The number of hydrogen-bond acceptors (Lipinski definition) is 3. The third kappa shape index (κ3) is 7.25. The SMILES string of the molecule is NCCCCCCCCCCCc1cc(OCc2ccccc2)c2ccccc2[n+]1[O-]. The maximum Gasteiger partial charge on any atom is 0.227 e. The van der Waals surface area contributed by atoms with Gasteiger partial charge in [-0.3, -0.25) is 0 Å². The van der Waals surface area contributed by atoms with E-state index in [9.17, 15) is 5.21 Å². The molecule has 0 aliphatic rings. The fourth-order valence-corrected chi connectivity index (χ4v) is 4.02. The monoisotopic (exact) mass is 420 g/mol. The van der Waals surface area contributed by atoms with Gasteiger partial charge in [-0.2, -0.15) is 4.73 Å². The molecule has 3 rings (SSSR count). The van der Waals surface area contributed by atoms with Gasteiger partial charge < -0.3 is 15.7 Å². The first-order valence-corrected chi connectivity index (χ1v) is 11.8. The van der Waals surface area contributed by atoms with E-state index in [1.54, 1.807) is 0 Å². The number of nitrogens with zero attached hydrogens (tertiary/aromatic N) is 1. The number of aryl methyl sites for hydroxylation is 1. The zero-order valence-electron chi connectivity index (χ0n) is 18.6. The molecule has 1 heterocycles. The molecule has 0 amide bonds. The van der Waals surface area contributed by atoms with Crippen molar-refractivity contribution in [2.75, 3.05) is 6.54 Å². The summed E-state index contributed by atoms with van der Waals surface area (Å²) in [4.78, 5) is 0. The average molecular weight is 421 g/mol. The molecule has 0 spiro atoms. The summed E-state index contributed by atoms with van der Waals surface area (Å²) in [6.07, 6.45) is 11.8. The zero-order chi connectivity index (χ0) is 21.7. The lowest BCUT2D eigenvalue weighted by atomic mass is 10.0. The molecule has 2 N–H and O–H groups in total. The molecule has 1 aromatic heterocycles. The number of rotatable bonds is 14. The van der Waals surface area contributed by atoms with Crippen LogP contribution in [0.2, 0.25) is 0 Å². The van der Waals surface area contributed by atoms with Crippen LogP contribution in [0, 0.1) is 5.21 Å². The predicted octanol–water partition coefficient (Wildman–Crippen LogP) is 6.06. The highest BCUT2D eigenvalue weighted by Crippen LogP contribution is 2.26. The van der Waals surface area contributed by atoms with Gasteiger partial charge in [-0.25, -0.2) is 0 Å². The predicted molar refractivity (Wildman–Crippen MR) is 128 cm³/mol. The van der Waals surface area contributed by atoms with Crippen LogP contribution in [0.25, 0.3) is 10.9 Å². The normalized spacial score (nSPS) is 11.1. The second-order valence-electron chi connectivity index (χ2n) is 8.31. The van der Waals surface area contributed by atoms with Crippen molar-refractivity contribution < 1.29 is 9.47 Å². The Morgan fingerprint density at radius 1 is 0.742 bits per heavy atom. The smallest absolute Gasteiger partial charge is 0.227 e. The number of para-hydroxylation sites is 1. The molecule has 2 aromatic carbocycles. The zero-order valence-corrected chi connectivity index (χ0v) is 18.6. The molecule has 0 unspecified atom stereocenters. The summed E-state index contributed by atoms with van der Waals surface area (Å²) in [6.45, 7) is 1.31. The van der Waals surface area contributed by atoms with Gasteiger partial charge in [-0.15, -0.1) is 0 Å². The van der Waals surface area contributed by atoms with E-state index in [1.807, 2.05) is 48.5 Å². The molecule has 0 aliphatic carbocycles. The summed E-state index contributed by atoms with van der Waals surface area (Å²) < 4.78 is 7.23. The molecule has 166 valence electrons. The van der Waals surface area contributed by atoms with Crippen LogP contribution in [0.1, 0.15) is 69.0 Å². The Balaban J connectivity index is 1.53. The van der Waals surface area contributed by atoms with Crippen LogP contribution in [-0.2, 0) is 13.0 Å². The molecule has 0 atom stereocenters. The minimum atomic E-state index is 0.498. The third-order valence-electron chi connectivity index (χ3n) is 5.82. The maximum absolute atomic E-state index is 12.9. The van der Waals surface area contributed by atoms with E-state index >= 15 is 0 Å². The van der Waals surface area contributed by atoms with Gasteiger partial charge in [0.15, 0.2) is 5.69 Å². The fourth-order valence-electron chi connectivity index (χ4n) is 4.02. The van der Waals surface area contributed by atoms with Gasteiger partial charge in [-0.1, -0.05) is 87.4 Å². The topological polar surface area (TPSA) is 62.2 Å². The molecule has 3 aromatic rings. The van der Waals surface area contributed by atoms with Gasteiger partial charge in [0.2, 0.25) is 5.52 Å². The highest BCUT2D eigenvalue weighted by atomic mass is 16.5. The second-order valence-corrected chi connectivity index (χ2v) is 8.31. The first-order chi connectivity index (χ1) is 15.3. The minimum absolute atomic E-state index is 0.498. The van der Waals surface area contributed by atoms with Crippen molar-refractivity contribution in [1.82, 2.24) is 0 Å². The molecule has 0 fully saturated rings. The van der Waals surface area contributed by atoms with Crippen LogP contribution < -0.4 is 15.2 Å². The van der Waals surface area contributed by atoms with Crippen molar-refractivity contribution >= 4 is 10.9 Å². The number of nitrogens with two attached hydrogens (primary N) is 1. The van der Waals surface area contributed by atoms with Gasteiger partial charge in [0, 0.05) is 18.6 Å². The Kier molecular flexibility index (Phi) is 9.65. The number of unbranched alkanes of at least 4 members (excludes halogenated alkanes) is 8. The van der Waals surface area contributed by atoms with E-state index in [0.717, 1.165) is 59.4 Å². The molecule has 0 saturated heterocycles. The van der Waals surface area contributed by atoms with Crippen LogP contribution in [0.3, 0.4) is 0 Å². The third-order valence-corrected chi connectivity index (χ3v) is 5.82. The van der Waals surface area contributed by atoms with Crippen molar-refractivity contribution in [2.24, 2.45) is 5.73 Å². The van der Waals surface area contributed by atoms with Crippen molar-refractivity contribution in [3.8, 4) is 5.75 Å². The van der Waals surface area contributed by atoms with Crippen LogP contribution in [0.15, 0.2) is 60.7 Å². The number of hydrogen-bond donors (Lipinski definition) is 1. The van der Waals surface area contributed by atoms with Gasteiger partial charge in [0.05, 0.1) is 5.39 Å². The van der Waals surface area contributed by atoms with Crippen LogP contribution in [0.4, 0.5) is 0 Å². The Hall–Kier alpha value is -2.59. The number of ether oxygens (including phenoxy) is 1. The summed E-state index contributed by atoms with van der Waals surface area (Å²) >= 11 is 0. The lowest BCUT2D eigenvalue weighted by molar-refractivity contribution is -0.586. The Morgan fingerprint density at radius 2 is 1.35 bits per heavy atom. The number of fused-ring (bicyclic) bond motifs is 1. The van der Waals surface area contributed by atoms with Crippen molar-refractivity contribution in [3.05, 3.63) is 77.1 Å². The lowest BCUT2D eigenvalue weighted by Crippen LogP contribution is -2.33. The average Bonchev–Trinajstić information content (AvgIpc) is 2.81. The fraction of sp³-hybridized carbons (Fsp3) is 0.444. The first kappa shape index (κ1) is 23.1. The molecule has 4 nitrogen and oxygen atoms in total. The summed E-state index contributed by atoms with van der Waals surface area (Å²) in [6, 6.07) is 19.8. The van der Waals surface area contributed by atoms with Crippen LogP contribution >= 0.6 is 0 Å². The van der Waals surface area contributed by atoms with E-state index in [-0.39, 0.29) is 0 Å². The highest BCUT2D eigenvalue weighted by Gasteiger charge is 2.16. The van der Waals surface area contributed by atoms with E-state index in [2.05, 4.69) is 12.1 Å². The largest absolute Gasteiger partial charge is 0.618 e. The number of benzene rings is 2. The Labute approximate surface area is 186 Å². The van der Waals surface area contributed by atoms with Gasteiger partial charge in [-0.05, 0) is 31.0 Å². The number of pyridine rings is 1. The summed E-state index contributed by atoms with van der Waals surface area (Å²) in [5.74, 6) is 0.791. The molecule has 31 heavy (non-hydrogen) atoms. The van der Waals surface area contributed by atoms with Crippen molar-refractivity contribution in [3.63, 3.8) is 0 Å². The molecular weight excluding hydrogens is 384 g/mol. The first-order valence-electron chi connectivity index (χ1n) is 11.8. The lowest BCUT2D eigenvalue weighted by Gasteiger charge is -2.13. The molecule has 0 bridgehead atoms. The molecule has 0 aliphatic heterocycles. The van der Waals surface area contributed by atoms with Gasteiger partial charge in [0.25, 0.3) is 0 Å². The van der Waals surface area contributed by atoms with Crippen molar-refractivity contribution in [1.29, 1.82) is 0 Å². The molecular formula is C27H36N2O2. The molecule has 4 heteroatoms.